The third-order valence-corrected chi connectivity index (χ3v) is 12.0. The Hall–Kier alpha value is -5.30. The van der Waals surface area contributed by atoms with Gasteiger partial charge < -0.3 is 21.5 Å². The normalized spacial score (nSPS) is 24.4. The van der Waals surface area contributed by atoms with Crippen molar-refractivity contribution in [3.63, 3.8) is 0 Å². The molecular formula is C50H50N4O. The highest BCUT2D eigenvalue weighted by atomic mass is 16.5. The number of ether oxygens (including phenoxy) is 1. The van der Waals surface area contributed by atoms with Crippen LogP contribution in [0.3, 0.4) is 0 Å². The molecule has 0 amide bonds. The van der Waals surface area contributed by atoms with Gasteiger partial charge in [0.05, 0.1) is 6.04 Å². The van der Waals surface area contributed by atoms with Gasteiger partial charge in [0.2, 0.25) is 0 Å². The Kier molecular flexibility index (Phi) is 10.2. The van der Waals surface area contributed by atoms with E-state index in [9.17, 15) is 0 Å². The fraction of sp³-hybridized carbons (Fsp3) is 0.240. The summed E-state index contributed by atoms with van der Waals surface area (Å²) in [5.74, 6) is 0.611. The van der Waals surface area contributed by atoms with Crippen molar-refractivity contribution in [3.8, 4) is 0 Å². The highest BCUT2D eigenvalue weighted by Crippen LogP contribution is 2.45. The Bertz CT molecular complexity index is 2340. The van der Waals surface area contributed by atoms with Crippen molar-refractivity contribution in [1.82, 2.24) is 10.6 Å². The second-order valence-electron chi connectivity index (χ2n) is 15.4. The lowest BCUT2D eigenvalue weighted by atomic mass is 9.68. The van der Waals surface area contributed by atoms with Gasteiger partial charge in [0.1, 0.15) is 18.6 Å². The van der Waals surface area contributed by atoms with Gasteiger partial charge in [0.25, 0.3) is 0 Å². The molecule has 0 aromatic heterocycles. The van der Waals surface area contributed by atoms with Crippen molar-refractivity contribution >= 4 is 11.1 Å². The topological polar surface area (TPSA) is 85.3 Å². The molecule has 5 aromatic rings. The van der Waals surface area contributed by atoms with Crippen molar-refractivity contribution in [3.05, 3.63) is 213 Å². The van der Waals surface area contributed by atoms with Crippen LogP contribution >= 0.6 is 0 Å². The minimum absolute atomic E-state index is 0.00858. The Morgan fingerprint density at radius 3 is 2.02 bits per heavy atom. The molecular weight excluding hydrogens is 673 g/mol. The van der Waals surface area contributed by atoms with Crippen LogP contribution in [-0.2, 0) is 4.74 Å². The van der Waals surface area contributed by atoms with Gasteiger partial charge in [0, 0.05) is 23.5 Å². The number of hydrogen-bond donors (Lipinski definition) is 4. The van der Waals surface area contributed by atoms with Crippen LogP contribution in [0.15, 0.2) is 175 Å². The van der Waals surface area contributed by atoms with Crippen molar-refractivity contribution in [2.24, 2.45) is 29.2 Å². The van der Waals surface area contributed by atoms with Gasteiger partial charge in [-0.05, 0) is 99.2 Å². The molecule has 0 spiro atoms. The Morgan fingerprint density at radius 1 is 0.655 bits per heavy atom. The van der Waals surface area contributed by atoms with Gasteiger partial charge in [-0.3, -0.25) is 5.32 Å². The first-order chi connectivity index (χ1) is 27.1. The summed E-state index contributed by atoms with van der Waals surface area (Å²) in [6, 6.07) is 50.2. The Morgan fingerprint density at radius 2 is 1.33 bits per heavy atom. The van der Waals surface area contributed by atoms with E-state index in [1.54, 1.807) is 0 Å². The van der Waals surface area contributed by atoms with Crippen LogP contribution < -0.4 is 32.5 Å². The summed E-state index contributed by atoms with van der Waals surface area (Å²) in [4.78, 5) is 0. The van der Waals surface area contributed by atoms with Crippen molar-refractivity contribution in [1.29, 1.82) is 0 Å². The third kappa shape index (κ3) is 7.29. The average Bonchev–Trinajstić information content (AvgIpc) is 3.26. The van der Waals surface area contributed by atoms with Crippen molar-refractivity contribution in [2.75, 3.05) is 0 Å². The number of benzene rings is 5. The third-order valence-electron chi connectivity index (χ3n) is 12.0. The first-order valence-electron chi connectivity index (χ1n) is 20.0. The molecule has 0 fully saturated rings. The smallest absolute Gasteiger partial charge is 0.133 e. The number of allylic oxidation sites excluding steroid dienone is 3. The van der Waals surface area contributed by atoms with Gasteiger partial charge in [-0.1, -0.05) is 152 Å². The molecule has 1 heterocycles. The maximum absolute atomic E-state index is 6.83. The largest absolute Gasteiger partial charge is 0.369 e. The molecule has 1 aliphatic heterocycles. The summed E-state index contributed by atoms with van der Waals surface area (Å²) in [6.45, 7) is 0. The summed E-state index contributed by atoms with van der Waals surface area (Å²) in [7, 11) is 0. The zero-order chi connectivity index (χ0) is 37.1. The van der Waals surface area contributed by atoms with Gasteiger partial charge >= 0.3 is 0 Å². The average molecular weight is 723 g/mol. The molecule has 0 radical (unpaired) electrons. The molecule has 6 N–H and O–H groups in total. The lowest BCUT2D eigenvalue weighted by Gasteiger charge is -2.39. The number of fused-ring (bicyclic) bond motifs is 2. The van der Waals surface area contributed by atoms with Crippen LogP contribution in [0.1, 0.15) is 78.4 Å². The quantitative estimate of drug-likeness (QED) is 0.0912. The molecule has 0 saturated carbocycles. The minimum Gasteiger partial charge on any atom is -0.369 e. The zero-order valence-corrected chi connectivity index (χ0v) is 31.2. The molecule has 7 unspecified atom stereocenters. The molecule has 0 saturated heterocycles. The van der Waals surface area contributed by atoms with Gasteiger partial charge in [-0.15, -0.1) is 0 Å². The van der Waals surface area contributed by atoms with Crippen molar-refractivity contribution in [2.45, 2.75) is 56.8 Å². The molecule has 276 valence electrons. The summed E-state index contributed by atoms with van der Waals surface area (Å²) in [6.07, 6.45) is 13.6. The van der Waals surface area contributed by atoms with Crippen LogP contribution in [0.2, 0.25) is 0 Å². The summed E-state index contributed by atoms with van der Waals surface area (Å²) in [5.41, 5.74) is 24.7. The van der Waals surface area contributed by atoms with E-state index in [0.717, 1.165) is 37.7 Å². The predicted molar refractivity (Wildman–Crippen MR) is 223 cm³/mol. The molecule has 5 aromatic carbocycles. The van der Waals surface area contributed by atoms with Crippen molar-refractivity contribution < 1.29 is 4.74 Å². The second-order valence-corrected chi connectivity index (χ2v) is 15.4. The van der Waals surface area contributed by atoms with Gasteiger partial charge in [-0.2, -0.15) is 0 Å². The van der Waals surface area contributed by atoms with E-state index < -0.39 is 12.5 Å². The highest BCUT2D eigenvalue weighted by Gasteiger charge is 2.36. The maximum Gasteiger partial charge on any atom is 0.133 e. The Labute approximate surface area is 324 Å². The van der Waals surface area contributed by atoms with E-state index in [0.29, 0.717) is 0 Å². The van der Waals surface area contributed by atoms with E-state index in [-0.39, 0.29) is 30.0 Å². The summed E-state index contributed by atoms with van der Waals surface area (Å²) in [5, 5.41) is 10.3. The van der Waals surface area contributed by atoms with E-state index in [2.05, 4.69) is 174 Å². The summed E-state index contributed by atoms with van der Waals surface area (Å²) < 4.78 is 6.35. The molecule has 7 atom stereocenters. The Balaban J connectivity index is 1.18. The van der Waals surface area contributed by atoms with Crippen LogP contribution in [-0.4, -0.2) is 6.23 Å². The molecule has 0 bridgehead atoms. The predicted octanol–water partition coefficient (Wildman–Crippen LogP) is 8.18. The van der Waals surface area contributed by atoms with E-state index in [1.165, 1.54) is 55.1 Å². The maximum atomic E-state index is 6.83. The molecule has 5 nitrogen and oxygen atoms in total. The fourth-order valence-corrected chi connectivity index (χ4v) is 9.18. The van der Waals surface area contributed by atoms with Crippen LogP contribution in [0, 0.1) is 17.8 Å². The molecule has 5 heteroatoms. The lowest BCUT2D eigenvalue weighted by molar-refractivity contribution is -0.0309. The number of rotatable bonds is 9. The van der Waals surface area contributed by atoms with Crippen LogP contribution in [0.4, 0.5) is 0 Å². The first-order valence-corrected chi connectivity index (χ1v) is 20.0. The second kappa shape index (κ2) is 15.8. The lowest BCUT2D eigenvalue weighted by Crippen LogP contribution is -2.43. The number of nitrogens with one attached hydrogen (secondary N) is 2. The molecule has 9 rings (SSSR count). The number of hydrogen-bond acceptors (Lipinski definition) is 5. The first kappa shape index (κ1) is 35.4. The van der Waals surface area contributed by atoms with Gasteiger partial charge in [-0.25, -0.2) is 0 Å². The minimum atomic E-state index is -0.631. The molecule has 55 heavy (non-hydrogen) atoms. The van der Waals surface area contributed by atoms with Gasteiger partial charge in [0.15, 0.2) is 0 Å². The van der Waals surface area contributed by atoms with E-state index >= 15 is 0 Å². The van der Waals surface area contributed by atoms with Crippen LogP contribution in [0.25, 0.3) is 11.1 Å². The number of nitrogens with two attached hydrogens (primary N) is 2. The zero-order valence-electron chi connectivity index (χ0n) is 31.2. The van der Waals surface area contributed by atoms with E-state index in [4.69, 9.17) is 16.2 Å². The SMILES string of the molecule is NC(OC(N)C1C=CCCC1)c1ccc2c(c1)=C(c1ccccc1)C1CCC(C3=CC(c4ccccc4)NC(c4ccccc4)N3)C=C1C=2c1ccccc1. The summed E-state index contributed by atoms with van der Waals surface area (Å²) >= 11 is 0. The standard InChI is InChI=1S/C50H50N4O/c51-48(36-22-12-4-13-23-36)55-49(52)39-27-29-41-43(31-39)47(35-20-10-3-11-21-35)40-28-26-38(30-42(40)46(41)34-18-8-2-9-19-34)45-32-44(33-16-6-1-7-17-33)53-50(54-45)37-24-14-5-15-25-37/h1-3,5-12,14-22,24-25,27,29-32,36,38,40,44,48-50,53-54H,4,13,23,26,28,51-52H2. The highest BCUT2D eigenvalue weighted by molar-refractivity contribution is 5.88. The van der Waals surface area contributed by atoms with E-state index in [1.807, 2.05) is 0 Å². The monoisotopic (exact) mass is 722 g/mol. The fourth-order valence-electron chi connectivity index (χ4n) is 9.18. The molecule has 3 aliphatic carbocycles. The molecule has 4 aliphatic rings. The van der Waals surface area contributed by atoms with Crippen LogP contribution in [0.5, 0.6) is 0 Å².